The molecule has 2 aromatic rings. The second kappa shape index (κ2) is 9.16. The molecule has 1 amide bonds. The molecule has 180 valence electrons. The van der Waals surface area contributed by atoms with Gasteiger partial charge < -0.3 is 24.6 Å². The molecule has 1 atom stereocenters. The Bertz CT molecular complexity index is 1090. The molecule has 8 nitrogen and oxygen atoms in total. The number of amides is 1. The van der Waals surface area contributed by atoms with Gasteiger partial charge in [0.2, 0.25) is 5.91 Å². The van der Waals surface area contributed by atoms with Gasteiger partial charge in [0.1, 0.15) is 17.6 Å². The lowest BCUT2D eigenvalue weighted by molar-refractivity contribution is -0.119. The number of methoxy groups -OCH3 is 1. The summed E-state index contributed by atoms with van der Waals surface area (Å²) in [5.41, 5.74) is 1.98. The predicted molar refractivity (Wildman–Crippen MR) is 131 cm³/mol. The van der Waals surface area contributed by atoms with Gasteiger partial charge in [-0.15, -0.1) is 0 Å². The SMILES string of the molecule is COc1cc(C(=O)OCC2CC2)ccc1Nc1ccc2c(n1)N(C1CCCC1)[C@@H](C)C(=O)N2C. The lowest BCUT2D eigenvalue weighted by Gasteiger charge is -2.42. The topological polar surface area (TPSA) is 84.0 Å². The molecule has 0 unspecified atom stereocenters. The zero-order valence-corrected chi connectivity index (χ0v) is 20.0. The number of ether oxygens (including phenoxy) is 2. The molecule has 3 aliphatic rings. The van der Waals surface area contributed by atoms with Crippen molar-refractivity contribution in [2.75, 3.05) is 35.9 Å². The molecular formula is C26H32N4O4. The summed E-state index contributed by atoms with van der Waals surface area (Å²) in [5, 5.41) is 3.33. The van der Waals surface area contributed by atoms with Crippen LogP contribution in [0.4, 0.5) is 23.0 Å². The van der Waals surface area contributed by atoms with Crippen LogP contribution in [0.25, 0.3) is 0 Å². The van der Waals surface area contributed by atoms with Crippen LogP contribution in [0.5, 0.6) is 5.75 Å². The third kappa shape index (κ3) is 4.29. The summed E-state index contributed by atoms with van der Waals surface area (Å²) < 4.78 is 10.9. The summed E-state index contributed by atoms with van der Waals surface area (Å²) in [7, 11) is 3.38. The smallest absolute Gasteiger partial charge is 0.338 e. The average molecular weight is 465 g/mol. The number of nitrogens with zero attached hydrogens (tertiary/aromatic N) is 3. The Kier molecular flexibility index (Phi) is 6.06. The number of benzene rings is 1. The van der Waals surface area contributed by atoms with Crippen molar-refractivity contribution in [3.8, 4) is 5.75 Å². The van der Waals surface area contributed by atoms with Crippen LogP contribution in [0.1, 0.15) is 55.8 Å². The maximum atomic E-state index is 12.9. The number of anilines is 4. The number of carbonyl (C=O) groups is 2. The van der Waals surface area contributed by atoms with Gasteiger partial charge in [-0.2, -0.15) is 0 Å². The highest BCUT2D eigenvalue weighted by Gasteiger charge is 2.39. The van der Waals surface area contributed by atoms with Crippen molar-refractivity contribution in [2.45, 2.75) is 57.5 Å². The molecule has 8 heteroatoms. The van der Waals surface area contributed by atoms with E-state index < -0.39 is 0 Å². The van der Waals surface area contributed by atoms with Crippen molar-refractivity contribution in [3.05, 3.63) is 35.9 Å². The fraction of sp³-hybridized carbons (Fsp3) is 0.500. The number of carbonyl (C=O) groups excluding carboxylic acids is 2. The van der Waals surface area contributed by atoms with E-state index in [-0.39, 0.29) is 17.9 Å². The minimum Gasteiger partial charge on any atom is -0.495 e. The molecule has 0 radical (unpaired) electrons. The minimum absolute atomic E-state index is 0.0905. The minimum atomic E-state index is -0.336. The maximum absolute atomic E-state index is 12.9. The van der Waals surface area contributed by atoms with E-state index in [4.69, 9.17) is 14.5 Å². The van der Waals surface area contributed by atoms with Crippen molar-refractivity contribution in [1.29, 1.82) is 0 Å². The molecule has 2 saturated carbocycles. The second-order valence-electron chi connectivity index (χ2n) is 9.54. The summed E-state index contributed by atoms with van der Waals surface area (Å²) in [5.74, 6) is 2.28. The number of fused-ring (bicyclic) bond motifs is 1. The Labute approximate surface area is 200 Å². The van der Waals surface area contributed by atoms with E-state index in [1.54, 1.807) is 30.2 Å². The molecule has 2 aliphatic carbocycles. The van der Waals surface area contributed by atoms with Crippen molar-refractivity contribution in [2.24, 2.45) is 5.92 Å². The standard InChI is InChI=1S/C26H32N4O4/c1-16-25(31)29(2)21-12-13-23(28-24(21)30(16)19-6-4-5-7-19)27-20-11-10-18(14-22(20)33-3)26(32)34-15-17-8-9-17/h10-14,16-17,19H,4-9,15H2,1-3H3,(H,27,28)/t16-/m0/s1. The van der Waals surface area contributed by atoms with Crippen molar-refractivity contribution in [3.63, 3.8) is 0 Å². The molecular weight excluding hydrogens is 432 g/mol. The molecule has 1 aliphatic heterocycles. The van der Waals surface area contributed by atoms with Gasteiger partial charge >= 0.3 is 5.97 Å². The van der Waals surface area contributed by atoms with Gasteiger partial charge in [-0.1, -0.05) is 12.8 Å². The molecule has 5 rings (SSSR count). The zero-order valence-electron chi connectivity index (χ0n) is 20.0. The van der Waals surface area contributed by atoms with Crippen LogP contribution in [-0.2, 0) is 9.53 Å². The first-order valence-electron chi connectivity index (χ1n) is 12.2. The average Bonchev–Trinajstić information content (AvgIpc) is 3.53. The van der Waals surface area contributed by atoms with E-state index in [9.17, 15) is 9.59 Å². The van der Waals surface area contributed by atoms with Crippen LogP contribution in [-0.4, -0.2) is 49.7 Å². The number of esters is 1. The van der Waals surface area contributed by atoms with Crippen LogP contribution >= 0.6 is 0 Å². The largest absolute Gasteiger partial charge is 0.495 e. The first kappa shape index (κ1) is 22.5. The number of nitrogens with one attached hydrogen (secondary N) is 1. The van der Waals surface area contributed by atoms with Gasteiger partial charge in [-0.05, 0) is 68.9 Å². The fourth-order valence-electron chi connectivity index (χ4n) is 4.96. The van der Waals surface area contributed by atoms with Crippen molar-refractivity contribution < 1.29 is 19.1 Å². The Balaban J connectivity index is 1.40. The van der Waals surface area contributed by atoms with Crippen LogP contribution in [0.3, 0.4) is 0 Å². The Hall–Kier alpha value is -3.29. The third-order valence-electron chi connectivity index (χ3n) is 7.13. The molecule has 34 heavy (non-hydrogen) atoms. The molecule has 2 heterocycles. The molecule has 1 aromatic heterocycles. The molecule has 1 aromatic carbocycles. The first-order valence-corrected chi connectivity index (χ1v) is 12.2. The van der Waals surface area contributed by atoms with E-state index in [1.165, 1.54) is 12.8 Å². The lowest BCUT2D eigenvalue weighted by Crippen LogP contribution is -2.54. The predicted octanol–water partition coefficient (Wildman–Crippen LogP) is 4.51. The summed E-state index contributed by atoms with van der Waals surface area (Å²) in [6, 6.07) is 9.10. The van der Waals surface area contributed by atoms with E-state index in [1.807, 2.05) is 26.1 Å². The summed E-state index contributed by atoms with van der Waals surface area (Å²) in [4.78, 5) is 34.1. The van der Waals surface area contributed by atoms with Crippen LogP contribution < -0.4 is 19.9 Å². The highest BCUT2D eigenvalue weighted by atomic mass is 16.5. The number of hydrogen-bond acceptors (Lipinski definition) is 7. The van der Waals surface area contributed by atoms with Crippen molar-refractivity contribution >= 4 is 34.9 Å². The van der Waals surface area contributed by atoms with E-state index in [0.29, 0.717) is 41.4 Å². The zero-order chi connectivity index (χ0) is 23.8. The third-order valence-corrected chi connectivity index (χ3v) is 7.13. The molecule has 0 spiro atoms. The quantitative estimate of drug-likeness (QED) is 0.604. The van der Waals surface area contributed by atoms with E-state index >= 15 is 0 Å². The Morgan fingerprint density at radius 3 is 2.62 bits per heavy atom. The first-order chi connectivity index (χ1) is 16.5. The van der Waals surface area contributed by atoms with Gasteiger partial charge in [-0.3, -0.25) is 4.79 Å². The van der Waals surface area contributed by atoms with E-state index in [2.05, 4.69) is 10.2 Å². The van der Waals surface area contributed by atoms with Crippen LogP contribution in [0.15, 0.2) is 30.3 Å². The molecule has 2 fully saturated rings. The monoisotopic (exact) mass is 464 g/mol. The van der Waals surface area contributed by atoms with Crippen LogP contribution in [0, 0.1) is 5.92 Å². The van der Waals surface area contributed by atoms with Gasteiger partial charge in [0, 0.05) is 13.1 Å². The normalized spacial score (nSPS) is 20.3. The molecule has 1 N–H and O–H groups in total. The maximum Gasteiger partial charge on any atom is 0.338 e. The number of hydrogen-bond donors (Lipinski definition) is 1. The molecule has 0 saturated heterocycles. The summed E-state index contributed by atoms with van der Waals surface area (Å²) in [6.07, 6.45) is 6.77. The summed E-state index contributed by atoms with van der Waals surface area (Å²) >= 11 is 0. The van der Waals surface area contributed by atoms with Gasteiger partial charge in [0.05, 0.1) is 30.7 Å². The molecule has 0 bridgehead atoms. The highest BCUT2D eigenvalue weighted by molar-refractivity contribution is 6.04. The summed E-state index contributed by atoms with van der Waals surface area (Å²) in [6.45, 7) is 2.44. The van der Waals surface area contributed by atoms with Gasteiger partial charge in [0.25, 0.3) is 0 Å². The number of rotatable bonds is 7. The second-order valence-corrected chi connectivity index (χ2v) is 9.54. The van der Waals surface area contributed by atoms with E-state index in [0.717, 1.165) is 37.2 Å². The lowest BCUT2D eigenvalue weighted by atomic mass is 10.1. The Morgan fingerprint density at radius 2 is 1.91 bits per heavy atom. The van der Waals surface area contributed by atoms with Gasteiger partial charge in [-0.25, -0.2) is 9.78 Å². The number of pyridine rings is 1. The fourth-order valence-corrected chi connectivity index (χ4v) is 4.96. The van der Waals surface area contributed by atoms with Gasteiger partial charge in [0.15, 0.2) is 5.82 Å². The highest BCUT2D eigenvalue weighted by Crippen LogP contribution is 2.40. The van der Waals surface area contributed by atoms with Crippen molar-refractivity contribution in [1.82, 2.24) is 4.98 Å². The van der Waals surface area contributed by atoms with Crippen LogP contribution in [0.2, 0.25) is 0 Å². The number of likely N-dealkylation sites (N-methyl/N-ethyl adjacent to an activating group) is 1. The Morgan fingerprint density at radius 1 is 1.15 bits per heavy atom. The number of aromatic nitrogens is 1.